The number of amides is 1. The van der Waals surface area contributed by atoms with E-state index in [-0.39, 0.29) is 11.8 Å². The first-order valence-electron chi connectivity index (χ1n) is 8.46. The number of fused-ring (bicyclic) bond motifs is 2. The fourth-order valence-electron chi connectivity index (χ4n) is 3.94. The molecular weight excluding hydrogens is 284 g/mol. The van der Waals surface area contributed by atoms with E-state index in [1.54, 1.807) is 0 Å². The predicted octanol–water partition coefficient (Wildman–Crippen LogP) is 3.12. The SMILES string of the molecule is O=C1CC(CNCC2Cc3ccccc3C2)c2ccccc2N1. The molecule has 3 heteroatoms. The van der Waals surface area contributed by atoms with Crippen molar-refractivity contribution in [3.63, 3.8) is 0 Å². The summed E-state index contributed by atoms with van der Waals surface area (Å²) in [5, 5.41) is 6.58. The summed E-state index contributed by atoms with van der Waals surface area (Å²) >= 11 is 0. The Bertz CT molecular complexity index is 700. The number of anilines is 1. The smallest absolute Gasteiger partial charge is 0.225 e. The molecule has 118 valence electrons. The number of rotatable bonds is 4. The van der Waals surface area contributed by atoms with Crippen LogP contribution in [0.1, 0.15) is 29.0 Å². The largest absolute Gasteiger partial charge is 0.326 e. The molecule has 4 rings (SSSR count). The predicted molar refractivity (Wildman–Crippen MR) is 92.6 cm³/mol. The minimum Gasteiger partial charge on any atom is -0.326 e. The van der Waals surface area contributed by atoms with Crippen molar-refractivity contribution in [2.75, 3.05) is 18.4 Å². The molecule has 2 aliphatic rings. The number of carbonyl (C=O) groups is 1. The zero-order chi connectivity index (χ0) is 15.6. The van der Waals surface area contributed by atoms with E-state index in [9.17, 15) is 4.79 Å². The van der Waals surface area contributed by atoms with E-state index in [1.165, 1.54) is 29.5 Å². The monoisotopic (exact) mass is 306 g/mol. The van der Waals surface area contributed by atoms with Gasteiger partial charge in [0.05, 0.1) is 0 Å². The Balaban J connectivity index is 1.35. The van der Waals surface area contributed by atoms with E-state index in [1.807, 2.05) is 12.1 Å². The van der Waals surface area contributed by atoms with Crippen LogP contribution in [0, 0.1) is 5.92 Å². The molecular formula is C20H22N2O. The summed E-state index contributed by atoms with van der Waals surface area (Å²) in [5.74, 6) is 1.09. The number of carbonyl (C=O) groups excluding carboxylic acids is 1. The molecule has 1 aliphatic heterocycles. The molecule has 1 aliphatic carbocycles. The molecule has 1 heterocycles. The Morgan fingerprint density at radius 1 is 0.913 bits per heavy atom. The second-order valence-electron chi connectivity index (χ2n) is 6.74. The number of para-hydroxylation sites is 1. The van der Waals surface area contributed by atoms with Crippen molar-refractivity contribution in [1.82, 2.24) is 5.32 Å². The van der Waals surface area contributed by atoms with Gasteiger partial charge in [0, 0.05) is 24.6 Å². The molecule has 0 aromatic heterocycles. The van der Waals surface area contributed by atoms with Crippen LogP contribution in [0.15, 0.2) is 48.5 Å². The quantitative estimate of drug-likeness (QED) is 0.911. The molecule has 0 saturated carbocycles. The summed E-state index contributed by atoms with van der Waals surface area (Å²) in [4.78, 5) is 11.9. The molecule has 2 N–H and O–H groups in total. The van der Waals surface area contributed by atoms with Gasteiger partial charge in [0.2, 0.25) is 5.91 Å². The molecule has 1 atom stereocenters. The summed E-state index contributed by atoms with van der Waals surface area (Å²) in [6, 6.07) is 16.9. The maximum atomic E-state index is 11.9. The van der Waals surface area contributed by atoms with Gasteiger partial charge in [-0.25, -0.2) is 0 Å². The first kappa shape index (κ1) is 14.5. The Labute approximate surface area is 137 Å². The third kappa shape index (κ3) is 3.02. The molecule has 3 nitrogen and oxygen atoms in total. The van der Waals surface area contributed by atoms with Crippen LogP contribution >= 0.6 is 0 Å². The van der Waals surface area contributed by atoms with Crippen molar-refractivity contribution in [2.24, 2.45) is 5.92 Å². The summed E-state index contributed by atoms with van der Waals surface area (Å²) in [6.07, 6.45) is 2.92. The second kappa shape index (κ2) is 6.17. The molecule has 0 bridgehead atoms. The molecule has 0 saturated heterocycles. The number of hydrogen-bond acceptors (Lipinski definition) is 2. The molecule has 0 spiro atoms. The maximum absolute atomic E-state index is 11.9. The van der Waals surface area contributed by atoms with Gasteiger partial charge < -0.3 is 10.6 Å². The van der Waals surface area contributed by atoms with Gasteiger partial charge in [-0.3, -0.25) is 4.79 Å². The van der Waals surface area contributed by atoms with Crippen molar-refractivity contribution >= 4 is 11.6 Å². The minimum atomic E-state index is 0.128. The van der Waals surface area contributed by atoms with Gasteiger partial charge >= 0.3 is 0 Å². The van der Waals surface area contributed by atoms with Crippen molar-refractivity contribution in [3.05, 3.63) is 65.2 Å². The maximum Gasteiger partial charge on any atom is 0.225 e. The van der Waals surface area contributed by atoms with Crippen molar-refractivity contribution in [1.29, 1.82) is 0 Å². The lowest BCUT2D eigenvalue weighted by atomic mass is 9.90. The van der Waals surface area contributed by atoms with E-state index in [0.717, 1.165) is 18.8 Å². The Hall–Kier alpha value is -2.13. The van der Waals surface area contributed by atoms with Gasteiger partial charge in [-0.2, -0.15) is 0 Å². The van der Waals surface area contributed by atoms with E-state index >= 15 is 0 Å². The zero-order valence-electron chi connectivity index (χ0n) is 13.2. The number of benzene rings is 2. The fourth-order valence-corrected chi connectivity index (χ4v) is 3.94. The van der Waals surface area contributed by atoms with Crippen LogP contribution in [-0.4, -0.2) is 19.0 Å². The third-order valence-corrected chi connectivity index (χ3v) is 5.07. The van der Waals surface area contributed by atoms with Crippen LogP contribution in [0.3, 0.4) is 0 Å². The van der Waals surface area contributed by atoms with Crippen LogP contribution in [0.5, 0.6) is 0 Å². The van der Waals surface area contributed by atoms with Crippen LogP contribution < -0.4 is 10.6 Å². The van der Waals surface area contributed by atoms with Gasteiger partial charge in [0.15, 0.2) is 0 Å². The van der Waals surface area contributed by atoms with Gasteiger partial charge in [-0.1, -0.05) is 42.5 Å². The molecule has 23 heavy (non-hydrogen) atoms. The number of hydrogen-bond donors (Lipinski definition) is 2. The summed E-state index contributed by atoms with van der Waals surface area (Å²) < 4.78 is 0. The highest BCUT2D eigenvalue weighted by Crippen LogP contribution is 2.31. The van der Waals surface area contributed by atoms with Crippen LogP contribution in [0.25, 0.3) is 0 Å². The van der Waals surface area contributed by atoms with Crippen molar-refractivity contribution in [3.8, 4) is 0 Å². The molecule has 2 aromatic rings. The number of nitrogens with one attached hydrogen (secondary N) is 2. The Kier molecular flexibility index (Phi) is 3.88. The van der Waals surface area contributed by atoms with Gasteiger partial charge in [-0.15, -0.1) is 0 Å². The lowest BCUT2D eigenvalue weighted by molar-refractivity contribution is -0.116. The molecule has 2 aromatic carbocycles. The van der Waals surface area contributed by atoms with E-state index < -0.39 is 0 Å². The first-order chi connectivity index (χ1) is 11.3. The van der Waals surface area contributed by atoms with Gasteiger partial charge in [0.25, 0.3) is 0 Å². The topological polar surface area (TPSA) is 41.1 Å². The standard InChI is InChI=1S/C20H22N2O/c23-20-11-17(18-7-3-4-8-19(18)22-20)13-21-12-14-9-15-5-1-2-6-16(15)10-14/h1-8,14,17,21H,9-13H2,(H,22,23). The van der Waals surface area contributed by atoms with Crippen molar-refractivity contribution in [2.45, 2.75) is 25.2 Å². The second-order valence-corrected chi connectivity index (χ2v) is 6.74. The van der Waals surface area contributed by atoms with E-state index in [0.29, 0.717) is 12.3 Å². The van der Waals surface area contributed by atoms with E-state index in [4.69, 9.17) is 0 Å². The summed E-state index contributed by atoms with van der Waals surface area (Å²) in [6.45, 7) is 1.90. The summed E-state index contributed by atoms with van der Waals surface area (Å²) in [7, 11) is 0. The van der Waals surface area contributed by atoms with E-state index in [2.05, 4.69) is 47.0 Å². The van der Waals surface area contributed by atoms with Crippen LogP contribution in [0.2, 0.25) is 0 Å². The highest BCUT2D eigenvalue weighted by atomic mass is 16.1. The molecule has 0 radical (unpaired) electrons. The normalized spacial score (nSPS) is 20.0. The molecule has 0 fully saturated rings. The molecule has 1 unspecified atom stereocenters. The lowest BCUT2D eigenvalue weighted by Gasteiger charge is -2.26. The lowest BCUT2D eigenvalue weighted by Crippen LogP contribution is -2.32. The average Bonchev–Trinajstić information content (AvgIpc) is 2.97. The van der Waals surface area contributed by atoms with Gasteiger partial charge in [0.1, 0.15) is 0 Å². The van der Waals surface area contributed by atoms with Gasteiger partial charge in [-0.05, 0) is 48.1 Å². The molecule has 1 amide bonds. The Morgan fingerprint density at radius 3 is 2.39 bits per heavy atom. The third-order valence-electron chi connectivity index (χ3n) is 5.07. The van der Waals surface area contributed by atoms with Crippen LogP contribution in [0.4, 0.5) is 5.69 Å². The zero-order valence-corrected chi connectivity index (χ0v) is 13.2. The fraction of sp³-hybridized carbons (Fsp3) is 0.350. The Morgan fingerprint density at radius 2 is 1.61 bits per heavy atom. The highest BCUT2D eigenvalue weighted by molar-refractivity contribution is 5.94. The highest BCUT2D eigenvalue weighted by Gasteiger charge is 2.25. The average molecular weight is 306 g/mol. The summed E-state index contributed by atoms with van der Waals surface area (Å²) in [5.41, 5.74) is 5.24. The van der Waals surface area contributed by atoms with Crippen LogP contribution in [-0.2, 0) is 17.6 Å². The van der Waals surface area contributed by atoms with Crippen molar-refractivity contribution < 1.29 is 4.79 Å². The first-order valence-corrected chi connectivity index (χ1v) is 8.46. The minimum absolute atomic E-state index is 0.128.